The van der Waals surface area contributed by atoms with Crippen molar-refractivity contribution in [3.8, 4) is 6.07 Å². The highest BCUT2D eigenvalue weighted by molar-refractivity contribution is 5.34. The lowest BCUT2D eigenvalue weighted by Crippen LogP contribution is -2.04. The zero-order valence-electron chi connectivity index (χ0n) is 9.19. The molecule has 2 rings (SSSR count). The van der Waals surface area contributed by atoms with Crippen LogP contribution in [0.2, 0.25) is 0 Å². The minimum absolute atomic E-state index is 0.0875. The van der Waals surface area contributed by atoms with Crippen LogP contribution >= 0.6 is 0 Å². The van der Waals surface area contributed by atoms with E-state index in [1.807, 2.05) is 6.07 Å². The first-order chi connectivity index (χ1) is 8.69. The number of nitriles is 1. The van der Waals surface area contributed by atoms with Gasteiger partial charge >= 0.3 is 0 Å². The fraction of sp³-hybridized carbons (Fsp3) is 0.0833. The van der Waals surface area contributed by atoms with Crippen LogP contribution in [0.4, 0.5) is 14.6 Å². The van der Waals surface area contributed by atoms with Crippen LogP contribution in [0.25, 0.3) is 0 Å². The van der Waals surface area contributed by atoms with Crippen molar-refractivity contribution in [3.05, 3.63) is 53.5 Å². The van der Waals surface area contributed by atoms with Gasteiger partial charge in [-0.15, -0.1) is 0 Å². The molecule has 0 bridgehead atoms. The lowest BCUT2D eigenvalue weighted by molar-refractivity contribution is 0.587. The first-order valence-electron chi connectivity index (χ1n) is 5.09. The zero-order chi connectivity index (χ0) is 13.0. The topological polar surface area (TPSA) is 61.6 Å². The maximum atomic E-state index is 13.3. The van der Waals surface area contributed by atoms with Crippen LogP contribution in [-0.2, 0) is 6.54 Å². The van der Waals surface area contributed by atoms with Crippen molar-refractivity contribution < 1.29 is 8.78 Å². The normalized spacial score (nSPS) is 9.83. The minimum Gasteiger partial charge on any atom is -0.365 e. The number of aromatic nitrogens is 2. The molecule has 2 aromatic rings. The second-order valence-electron chi connectivity index (χ2n) is 3.49. The van der Waals surface area contributed by atoms with Gasteiger partial charge in [-0.05, 0) is 18.2 Å². The first-order valence-corrected chi connectivity index (χ1v) is 5.09. The number of nitrogens with zero attached hydrogens (tertiary/aromatic N) is 3. The molecule has 0 unspecified atom stereocenters. The van der Waals surface area contributed by atoms with E-state index < -0.39 is 11.6 Å². The average molecular weight is 246 g/mol. The van der Waals surface area contributed by atoms with Gasteiger partial charge < -0.3 is 5.32 Å². The van der Waals surface area contributed by atoms with Crippen LogP contribution < -0.4 is 5.32 Å². The molecule has 0 radical (unpaired) electrons. The summed E-state index contributed by atoms with van der Waals surface area (Å²) in [6.07, 6.45) is 2.65. The third kappa shape index (κ3) is 2.77. The van der Waals surface area contributed by atoms with Crippen molar-refractivity contribution in [2.24, 2.45) is 0 Å². The smallest absolute Gasteiger partial charge is 0.158 e. The SMILES string of the molecule is N#Cc1cnc(NCc2cc(F)ccc2F)cn1. The number of anilines is 1. The summed E-state index contributed by atoms with van der Waals surface area (Å²) in [6.45, 7) is 0.0875. The van der Waals surface area contributed by atoms with Crippen molar-refractivity contribution in [2.75, 3.05) is 5.32 Å². The van der Waals surface area contributed by atoms with Gasteiger partial charge in [0.2, 0.25) is 0 Å². The second-order valence-corrected chi connectivity index (χ2v) is 3.49. The Labute approximate surface area is 102 Å². The molecule has 1 aromatic carbocycles. The summed E-state index contributed by atoms with van der Waals surface area (Å²) in [5.74, 6) is -0.609. The summed E-state index contributed by atoms with van der Waals surface area (Å²) in [6, 6.07) is 5.07. The summed E-state index contributed by atoms with van der Waals surface area (Å²) in [7, 11) is 0. The summed E-state index contributed by atoms with van der Waals surface area (Å²) >= 11 is 0. The second kappa shape index (κ2) is 5.19. The van der Waals surface area contributed by atoms with Crippen molar-refractivity contribution in [3.63, 3.8) is 0 Å². The Kier molecular flexibility index (Phi) is 3.44. The maximum Gasteiger partial charge on any atom is 0.158 e. The zero-order valence-corrected chi connectivity index (χ0v) is 9.19. The molecule has 6 heteroatoms. The Morgan fingerprint density at radius 1 is 1.22 bits per heavy atom. The summed E-state index contributed by atoms with van der Waals surface area (Å²) < 4.78 is 26.2. The molecule has 0 saturated heterocycles. The highest BCUT2D eigenvalue weighted by Crippen LogP contribution is 2.11. The van der Waals surface area contributed by atoms with Crippen molar-refractivity contribution in [1.29, 1.82) is 5.26 Å². The van der Waals surface area contributed by atoms with Gasteiger partial charge in [0.15, 0.2) is 5.69 Å². The fourth-order valence-electron chi connectivity index (χ4n) is 1.34. The molecular formula is C12H8F2N4. The van der Waals surface area contributed by atoms with Gasteiger partial charge in [0.1, 0.15) is 23.5 Å². The third-order valence-electron chi connectivity index (χ3n) is 2.23. The van der Waals surface area contributed by atoms with Crippen LogP contribution in [0, 0.1) is 23.0 Å². The molecule has 0 aliphatic carbocycles. The summed E-state index contributed by atoms with van der Waals surface area (Å²) in [5.41, 5.74) is 0.388. The van der Waals surface area contributed by atoms with E-state index in [2.05, 4.69) is 15.3 Å². The van der Waals surface area contributed by atoms with Crippen molar-refractivity contribution in [2.45, 2.75) is 6.54 Å². The van der Waals surface area contributed by atoms with Crippen molar-refractivity contribution >= 4 is 5.82 Å². The van der Waals surface area contributed by atoms with E-state index in [0.717, 1.165) is 18.2 Å². The number of nitrogens with one attached hydrogen (secondary N) is 1. The van der Waals surface area contributed by atoms with Gasteiger partial charge in [-0.1, -0.05) is 0 Å². The number of rotatable bonds is 3. The number of hydrogen-bond acceptors (Lipinski definition) is 4. The number of benzene rings is 1. The Morgan fingerprint density at radius 2 is 2.06 bits per heavy atom. The van der Waals surface area contributed by atoms with Gasteiger partial charge in [0.05, 0.1) is 12.4 Å². The molecule has 0 aliphatic rings. The van der Waals surface area contributed by atoms with Gasteiger partial charge in [0.25, 0.3) is 0 Å². The molecule has 0 saturated carbocycles. The highest BCUT2D eigenvalue weighted by Gasteiger charge is 2.04. The quantitative estimate of drug-likeness (QED) is 0.902. The lowest BCUT2D eigenvalue weighted by atomic mass is 10.2. The molecule has 1 N–H and O–H groups in total. The predicted octanol–water partition coefficient (Wildman–Crippen LogP) is 2.24. The van der Waals surface area contributed by atoms with E-state index in [-0.39, 0.29) is 17.8 Å². The van der Waals surface area contributed by atoms with Crippen LogP contribution in [0.3, 0.4) is 0 Å². The van der Waals surface area contributed by atoms with Crippen LogP contribution in [0.5, 0.6) is 0 Å². The maximum absolute atomic E-state index is 13.3. The van der Waals surface area contributed by atoms with E-state index in [1.54, 1.807) is 0 Å². The molecule has 90 valence electrons. The lowest BCUT2D eigenvalue weighted by Gasteiger charge is -2.06. The summed E-state index contributed by atoms with van der Waals surface area (Å²) in [5, 5.41) is 11.3. The van der Waals surface area contributed by atoms with E-state index in [9.17, 15) is 8.78 Å². The van der Waals surface area contributed by atoms with Crippen LogP contribution in [0.15, 0.2) is 30.6 Å². The average Bonchev–Trinajstić information content (AvgIpc) is 2.40. The Hall–Kier alpha value is -2.55. The Morgan fingerprint density at radius 3 is 2.72 bits per heavy atom. The predicted molar refractivity (Wildman–Crippen MR) is 60.4 cm³/mol. The first kappa shape index (κ1) is 11.9. The van der Waals surface area contributed by atoms with E-state index >= 15 is 0 Å². The van der Waals surface area contributed by atoms with Crippen molar-refractivity contribution in [1.82, 2.24) is 9.97 Å². The summed E-state index contributed by atoms with van der Waals surface area (Å²) in [4.78, 5) is 7.70. The molecule has 1 aromatic heterocycles. The molecular weight excluding hydrogens is 238 g/mol. The molecule has 0 atom stereocenters. The Balaban J connectivity index is 2.07. The molecule has 0 spiro atoms. The van der Waals surface area contributed by atoms with Gasteiger partial charge in [-0.2, -0.15) is 5.26 Å². The van der Waals surface area contributed by atoms with E-state index in [0.29, 0.717) is 5.82 Å². The van der Waals surface area contributed by atoms with Gasteiger partial charge in [0, 0.05) is 12.1 Å². The van der Waals surface area contributed by atoms with Gasteiger partial charge in [-0.25, -0.2) is 18.7 Å². The molecule has 0 fully saturated rings. The standard InChI is InChI=1S/C12H8F2N4/c13-9-1-2-11(14)8(3-9)5-17-12-7-16-10(4-15)6-18-12/h1-3,6-7H,5H2,(H,17,18). The third-order valence-corrected chi connectivity index (χ3v) is 2.23. The van der Waals surface area contributed by atoms with Crippen LogP contribution in [-0.4, -0.2) is 9.97 Å². The highest BCUT2D eigenvalue weighted by atomic mass is 19.1. The number of hydrogen-bond donors (Lipinski definition) is 1. The largest absolute Gasteiger partial charge is 0.365 e. The van der Waals surface area contributed by atoms with Crippen LogP contribution in [0.1, 0.15) is 11.3 Å². The van der Waals surface area contributed by atoms with Gasteiger partial charge in [-0.3, -0.25) is 0 Å². The molecule has 4 nitrogen and oxygen atoms in total. The van der Waals surface area contributed by atoms with E-state index in [4.69, 9.17) is 5.26 Å². The minimum atomic E-state index is -0.501. The Bertz CT molecular complexity index is 590. The molecule has 0 aliphatic heterocycles. The number of halogens is 2. The molecule has 1 heterocycles. The fourth-order valence-corrected chi connectivity index (χ4v) is 1.34. The van der Waals surface area contributed by atoms with E-state index in [1.165, 1.54) is 12.4 Å². The molecule has 18 heavy (non-hydrogen) atoms. The monoisotopic (exact) mass is 246 g/mol. The molecule has 0 amide bonds.